The van der Waals surface area contributed by atoms with E-state index >= 15 is 0 Å². The van der Waals surface area contributed by atoms with Crippen LogP contribution in [0, 0.1) is 11.7 Å². The zero-order valence-corrected chi connectivity index (χ0v) is 12.9. The molecule has 1 N–H and O–H groups in total. The number of nitrogens with one attached hydrogen (secondary N) is 1. The number of carbonyl (C=O) groups is 2. The third-order valence-corrected chi connectivity index (χ3v) is 3.98. The smallest absolute Gasteiger partial charge is 0.229 e. The summed E-state index contributed by atoms with van der Waals surface area (Å²) >= 11 is 5.94. The summed E-state index contributed by atoms with van der Waals surface area (Å²) in [7, 11) is 0. The van der Waals surface area contributed by atoms with Crippen LogP contribution in [0.2, 0.25) is 5.02 Å². The highest BCUT2D eigenvalue weighted by Crippen LogP contribution is 2.28. The van der Waals surface area contributed by atoms with Gasteiger partial charge in [-0.15, -0.1) is 0 Å². The van der Waals surface area contributed by atoms with Crippen molar-refractivity contribution in [2.75, 3.05) is 16.8 Å². The standard InChI is InChI=1S/C17H14ClFN2O2/c18-12-4-3-5-13(9-12)21-10-11(8-16(21)22)17(23)20-15-7-2-1-6-14(15)19/h1-7,9,11H,8,10H2,(H,20,23). The molecular weight excluding hydrogens is 319 g/mol. The number of benzene rings is 2. The Labute approximate surface area is 137 Å². The van der Waals surface area contributed by atoms with E-state index in [-0.39, 0.29) is 30.5 Å². The first kappa shape index (κ1) is 15.5. The Morgan fingerprint density at radius 1 is 1.22 bits per heavy atom. The second-order valence-corrected chi connectivity index (χ2v) is 5.79. The Hall–Kier alpha value is -2.40. The van der Waals surface area contributed by atoms with E-state index in [2.05, 4.69) is 5.32 Å². The molecule has 3 rings (SSSR count). The van der Waals surface area contributed by atoms with Gasteiger partial charge < -0.3 is 10.2 Å². The average Bonchev–Trinajstić information content (AvgIpc) is 2.92. The minimum Gasteiger partial charge on any atom is -0.323 e. The summed E-state index contributed by atoms with van der Waals surface area (Å²) < 4.78 is 13.6. The molecule has 1 aliphatic rings. The van der Waals surface area contributed by atoms with Gasteiger partial charge in [0.1, 0.15) is 5.82 Å². The molecule has 1 aliphatic heterocycles. The Morgan fingerprint density at radius 2 is 2.00 bits per heavy atom. The zero-order valence-electron chi connectivity index (χ0n) is 12.1. The quantitative estimate of drug-likeness (QED) is 0.935. The van der Waals surface area contributed by atoms with Gasteiger partial charge in [0, 0.05) is 23.7 Å². The molecular formula is C17H14ClFN2O2. The van der Waals surface area contributed by atoms with Gasteiger partial charge in [-0.05, 0) is 30.3 Å². The number of hydrogen-bond acceptors (Lipinski definition) is 2. The molecule has 118 valence electrons. The molecule has 23 heavy (non-hydrogen) atoms. The highest BCUT2D eigenvalue weighted by molar-refractivity contribution is 6.31. The monoisotopic (exact) mass is 332 g/mol. The van der Waals surface area contributed by atoms with Crippen LogP contribution in [0.25, 0.3) is 0 Å². The van der Waals surface area contributed by atoms with E-state index in [1.165, 1.54) is 17.0 Å². The Kier molecular flexibility index (Phi) is 4.30. The lowest BCUT2D eigenvalue weighted by molar-refractivity contribution is -0.122. The SMILES string of the molecule is O=C(Nc1ccccc1F)C1CC(=O)N(c2cccc(Cl)c2)C1. The first-order valence-corrected chi connectivity index (χ1v) is 7.54. The summed E-state index contributed by atoms with van der Waals surface area (Å²) in [6.07, 6.45) is 0.0901. The van der Waals surface area contributed by atoms with E-state index in [1.807, 2.05) is 0 Å². The maximum Gasteiger partial charge on any atom is 0.229 e. The van der Waals surface area contributed by atoms with Crippen molar-refractivity contribution >= 4 is 34.8 Å². The fraction of sp³-hybridized carbons (Fsp3) is 0.176. The molecule has 0 radical (unpaired) electrons. The molecule has 1 unspecified atom stereocenters. The molecule has 0 bridgehead atoms. The maximum atomic E-state index is 13.6. The van der Waals surface area contributed by atoms with Gasteiger partial charge in [-0.3, -0.25) is 9.59 Å². The van der Waals surface area contributed by atoms with E-state index in [4.69, 9.17) is 11.6 Å². The molecule has 2 amide bonds. The van der Waals surface area contributed by atoms with E-state index in [0.717, 1.165) is 0 Å². The van der Waals surface area contributed by atoms with E-state index in [0.29, 0.717) is 10.7 Å². The first-order chi connectivity index (χ1) is 11.0. The van der Waals surface area contributed by atoms with Crippen LogP contribution < -0.4 is 10.2 Å². The molecule has 0 aromatic heterocycles. The van der Waals surface area contributed by atoms with Crippen molar-refractivity contribution < 1.29 is 14.0 Å². The molecule has 1 heterocycles. The third-order valence-electron chi connectivity index (χ3n) is 3.75. The summed E-state index contributed by atoms with van der Waals surface area (Å²) in [5.74, 6) is -1.55. The lowest BCUT2D eigenvalue weighted by Gasteiger charge is -2.17. The lowest BCUT2D eigenvalue weighted by Crippen LogP contribution is -2.28. The molecule has 1 fully saturated rings. The zero-order chi connectivity index (χ0) is 16.4. The number of anilines is 2. The Balaban J connectivity index is 1.72. The molecule has 2 aromatic carbocycles. The van der Waals surface area contributed by atoms with Gasteiger partial charge in [0.15, 0.2) is 0 Å². The van der Waals surface area contributed by atoms with Crippen LogP contribution in [-0.4, -0.2) is 18.4 Å². The Bertz CT molecular complexity index is 766. The summed E-state index contributed by atoms with van der Waals surface area (Å²) in [6, 6.07) is 12.8. The van der Waals surface area contributed by atoms with Gasteiger partial charge in [-0.25, -0.2) is 4.39 Å². The number of halogens is 2. The van der Waals surface area contributed by atoms with Crippen molar-refractivity contribution in [3.05, 3.63) is 59.4 Å². The van der Waals surface area contributed by atoms with Crippen LogP contribution in [0.15, 0.2) is 48.5 Å². The Morgan fingerprint density at radius 3 is 2.74 bits per heavy atom. The van der Waals surface area contributed by atoms with Crippen molar-refractivity contribution in [1.29, 1.82) is 0 Å². The van der Waals surface area contributed by atoms with Crippen LogP contribution in [0.1, 0.15) is 6.42 Å². The van der Waals surface area contributed by atoms with Crippen molar-refractivity contribution in [1.82, 2.24) is 0 Å². The van der Waals surface area contributed by atoms with E-state index in [9.17, 15) is 14.0 Å². The summed E-state index contributed by atoms with van der Waals surface area (Å²) in [5.41, 5.74) is 0.773. The van der Waals surface area contributed by atoms with Gasteiger partial charge in [0.05, 0.1) is 11.6 Å². The highest BCUT2D eigenvalue weighted by Gasteiger charge is 2.35. The molecule has 1 atom stereocenters. The first-order valence-electron chi connectivity index (χ1n) is 7.16. The van der Waals surface area contributed by atoms with Crippen LogP contribution >= 0.6 is 11.6 Å². The van der Waals surface area contributed by atoms with Gasteiger partial charge in [0.25, 0.3) is 0 Å². The summed E-state index contributed by atoms with van der Waals surface area (Å²) in [6.45, 7) is 0.249. The minimum absolute atomic E-state index is 0.0901. The number of nitrogens with zero attached hydrogens (tertiary/aromatic N) is 1. The number of hydrogen-bond donors (Lipinski definition) is 1. The van der Waals surface area contributed by atoms with Crippen LogP contribution in [-0.2, 0) is 9.59 Å². The maximum absolute atomic E-state index is 13.6. The molecule has 0 spiro atoms. The number of para-hydroxylation sites is 1. The predicted molar refractivity (Wildman–Crippen MR) is 86.9 cm³/mol. The minimum atomic E-state index is -0.527. The third kappa shape index (κ3) is 3.35. The molecule has 0 saturated carbocycles. The molecule has 0 aliphatic carbocycles. The van der Waals surface area contributed by atoms with Crippen molar-refractivity contribution in [2.24, 2.45) is 5.92 Å². The number of rotatable bonds is 3. The molecule has 2 aromatic rings. The molecule has 1 saturated heterocycles. The lowest BCUT2D eigenvalue weighted by atomic mass is 10.1. The number of carbonyl (C=O) groups excluding carboxylic acids is 2. The van der Waals surface area contributed by atoms with Crippen molar-refractivity contribution in [3.63, 3.8) is 0 Å². The topological polar surface area (TPSA) is 49.4 Å². The molecule has 6 heteroatoms. The van der Waals surface area contributed by atoms with Gasteiger partial charge in [-0.2, -0.15) is 0 Å². The van der Waals surface area contributed by atoms with Crippen LogP contribution in [0.3, 0.4) is 0 Å². The number of amides is 2. The van der Waals surface area contributed by atoms with Crippen molar-refractivity contribution in [3.8, 4) is 0 Å². The fourth-order valence-electron chi connectivity index (χ4n) is 2.57. The predicted octanol–water partition coefficient (Wildman–Crippen LogP) is 3.47. The highest BCUT2D eigenvalue weighted by atomic mass is 35.5. The second kappa shape index (κ2) is 6.38. The fourth-order valence-corrected chi connectivity index (χ4v) is 2.76. The summed E-state index contributed by atoms with van der Waals surface area (Å²) in [5, 5.41) is 3.06. The van der Waals surface area contributed by atoms with E-state index in [1.54, 1.807) is 36.4 Å². The average molecular weight is 333 g/mol. The normalized spacial score (nSPS) is 17.4. The van der Waals surface area contributed by atoms with E-state index < -0.39 is 11.7 Å². The van der Waals surface area contributed by atoms with Gasteiger partial charge in [-0.1, -0.05) is 29.8 Å². The van der Waals surface area contributed by atoms with Crippen LogP contribution in [0.5, 0.6) is 0 Å². The largest absolute Gasteiger partial charge is 0.323 e. The van der Waals surface area contributed by atoms with Crippen molar-refractivity contribution in [2.45, 2.75) is 6.42 Å². The summed E-state index contributed by atoms with van der Waals surface area (Å²) in [4.78, 5) is 25.9. The molecule has 4 nitrogen and oxygen atoms in total. The second-order valence-electron chi connectivity index (χ2n) is 5.35. The van der Waals surface area contributed by atoms with Gasteiger partial charge in [0.2, 0.25) is 11.8 Å². The van der Waals surface area contributed by atoms with Crippen LogP contribution in [0.4, 0.5) is 15.8 Å². The van der Waals surface area contributed by atoms with Gasteiger partial charge >= 0.3 is 0 Å².